The van der Waals surface area contributed by atoms with Gasteiger partial charge >= 0.3 is 6.18 Å². The zero-order valence-electron chi connectivity index (χ0n) is 8.79. The summed E-state index contributed by atoms with van der Waals surface area (Å²) in [6.07, 6.45) is -4.32. The Morgan fingerprint density at radius 2 is 1.81 bits per heavy atom. The highest BCUT2D eigenvalue weighted by Crippen LogP contribution is 2.30. The van der Waals surface area contributed by atoms with Gasteiger partial charge in [-0.05, 0) is 17.7 Å². The summed E-state index contributed by atoms with van der Waals surface area (Å²) in [5.74, 6) is -0.285. The standard InChI is InChI=1S/C11H13F3O2/c1-16-7-9(6-15)8-2-4-10(5-3-8)11(12,13)14/h2-5,9,15H,6-7H2,1H3. The van der Waals surface area contributed by atoms with Crippen molar-refractivity contribution in [2.45, 2.75) is 12.1 Å². The van der Waals surface area contributed by atoms with Gasteiger partial charge in [-0.2, -0.15) is 13.2 Å². The summed E-state index contributed by atoms with van der Waals surface area (Å²) in [6.45, 7) is 0.126. The van der Waals surface area contributed by atoms with E-state index in [-0.39, 0.29) is 19.1 Å². The van der Waals surface area contributed by atoms with Crippen molar-refractivity contribution in [3.05, 3.63) is 35.4 Å². The molecule has 1 N–H and O–H groups in total. The maximum absolute atomic E-state index is 12.3. The van der Waals surface area contributed by atoms with Gasteiger partial charge < -0.3 is 9.84 Å². The largest absolute Gasteiger partial charge is 0.416 e. The molecule has 0 aromatic heterocycles. The molecule has 1 atom stereocenters. The van der Waals surface area contributed by atoms with Crippen LogP contribution >= 0.6 is 0 Å². The first-order valence-corrected chi connectivity index (χ1v) is 4.76. The number of hydrogen-bond acceptors (Lipinski definition) is 2. The molecule has 0 bridgehead atoms. The Balaban J connectivity index is 2.85. The van der Waals surface area contributed by atoms with Gasteiger partial charge in [0.25, 0.3) is 0 Å². The summed E-state index contributed by atoms with van der Waals surface area (Å²) < 4.78 is 41.7. The molecule has 0 amide bonds. The summed E-state index contributed by atoms with van der Waals surface area (Å²) in [6, 6.07) is 4.74. The van der Waals surface area contributed by atoms with Crippen LogP contribution in [0, 0.1) is 0 Å². The lowest BCUT2D eigenvalue weighted by Crippen LogP contribution is -2.11. The van der Waals surface area contributed by atoms with Crippen molar-refractivity contribution >= 4 is 0 Å². The Labute approximate surface area is 91.7 Å². The van der Waals surface area contributed by atoms with E-state index in [0.29, 0.717) is 5.56 Å². The van der Waals surface area contributed by atoms with Crippen LogP contribution in [-0.4, -0.2) is 25.4 Å². The van der Waals surface area contributed by atoms with Crippen LogP contribution in [0.5, 0.6) is 0 Å². The summed E-state index contributed by atoms with van der Waals surface area (Å²) in [5, 5.41) is 9.04. The van der Waals surface area contributed by atoms with Gasteiger partial charge in [-0.25, -0.2) is 0 Å². The topological polar surface area (TPSA) is 29.5 Å². The highest BCUT2D eigenvalue weighted by molar-refractivity contribution is 5.27. The fourth-order valence-electron chi connectivity index (χ4n) is 1.40. The Hall–Kier alpha value is -1.07. The molecule has 0 heterocycles. The molecular formula is C11H13F3O2. The number of benzene rings is 1. The minimum Gasteiger partial charge on any atom is -0.396 e. The van der Waals surface area contributed by atoms with Crippen LogP contribution < -0.4 is 0 Å². The number of halogens is 3. The van der Waals surface area contributed by atoms with Gasteiger partial charge in [0.15, 0.2) is 0 Å². The summed E-state index contributed by atoms with van der Waals surface area (Å²) in [5.41, 5.74) is -0.0530. The van der Waals surface area contributed by atoms with Crippen molar-refractivity contribution in [2.24, 2.45) is 0 Å². The molecule has 0 aliphatic heterocycles. The van der Waals surface area contributed by atoms with Gasteiger partial charge in [0.2, 0.25) is 0 Å². The molecule has 0 saturated heterocycles. The van der Waals surface area contributed by atoms with Crippen molar-refractivity contribution in [2.75, 3.05) is 20.3 Å². The van der Waals surface area contributed by atoms with Crippen LogP contribution in [0.4, 0.5) is 13.2 Å². The number of aliphatic hydroxyl groups is 1. The van der Waals surface area contributed by atoms with Crippen molar-refractivity contribution in [3.8, 4) is 0 Å². The average molecular weight is 234 g/mol. The fourth-order valence-corrected chi connectivity index (χ4v) is 1.40. The van der Waals surface area contributed by atoms with Crippen LogP contribution in [0.15, 0.2) is 24.3 Å². The number of alkyl halides is 3. The average Bonchev–Trinajstić information content (AvgIpc) is 2.25. The molecule has 0 fully saturated rings. The van der Waals surface area contributed by atoms with Crippen molar-refractivity contribution < 1.29 is 23.0 Å². The lowest BCUT2D eigenvalue weighted by Gasteiger charge is -2.14. The lowest BCUT2D eigenvalue weighted by molar-refractivity contribution is -0.137. The second-order valence-corrected chi connectivity index (χ2v) is 3.45. The predicted octanol–water partition coefficient (Wildman–Crippen LogP) is 2.43. The normalized spacial score (nSPS) is 13.8. The number of methoxy groups -OCH3 is 1. The van der Waals surface area contributed by atoms with E-state index in [1.807, 2.05) is 0 Å². The second kappa shape index (κ2) is 5.32. The minimum atomic E-state index is -4.32. The Morgan fingerprint density at radius 1 is 1.25 bits per heavy atom. The first-order chi connectivity index (χ1) is 7.49. The van der Waals surface area contributed by atoms with E-state index in [0.717, 1.165) is 12.1 Å². The molecule has 0 spiro atoms. The molecule has 1 aromatic carbocycles. The van der Waals surface area contributed by atoms with Gasteiger partial charge in [0, 0.05) is 13.0 Å². The molecule has 0 saturated carbocycles. The SMILES string of the molecule is COCC(CO)c1ccc(C(F)(F)F)cc1. The monoisotopic (exact) mass is 234 g/mol. The molecule has 1 unspecified atom stereocenters. The zero-order valence-corrected chi connectivity index (χ0v) is 8.79. The van der Waals surface area contributed by atoms with Crippen LogP contribution in [0.2, 0.25) is 0 Å². The molecule has 0 aliphatic carbocycles. The number of aliphatic hydroxyl groups excluding tert-OH is 1. The molecule has 5 heteroatoms. The highest BCUT2D eigenvalue weighted by atomic mass is 19.4. The summed E-state index contributed by atoms with van der Waals surface area (Å²) >= 11 is 0. The van der Waals surface area contributed by atoms with E-state index in [4.69, 9.17) is 9.84 Å². The third-order valence-electron chi connectivity index (χ3n) is 2.30. The zero-order chi connectivity index (χ0) is 12.2. The Bertz CT molecular complexity index is 319. The van der Waals surface area contributed by atoms with E-state index in [1.54, 1.807) is 0 Å². The molecule has 0 radical (unpaired) electrons. The van der Waals surface area contributed by atoms with Crippen LogP contribution in [0.1, 0.15) is 17.0 Å². The molecular weight excluding hydrogens is 221 g/mol. The number of hydrogen-bond donors (Lipinski definition) is 1. The van der Waals surface area contributed by atoms with E-state index in [9.17, 15) is 13.2 Å². The van der Waals surface area contributed by atoms with E-state index < -0.39 is 11.7 Å². The van der Waals surface area contributed by atoms with Gasteiger partial charge in [0.1, 0.15) is 0 Å². The fraction of sp³-hybridized carbons (Fsp3) is 0.455. The van der Waals surface area contributed by atoms with E-state index in [1.165, 1.54) is 19.2 Å². The smallest absolute Gasteiger partial charge is 0.396 e. The Kier molecular flexibility index (Phi) is 4.32. The molecule has 0 aliphatic rings. The maximum Gasteiger partial charge on any atom is 0.416 e. The van der Waals surface area contributed by atoms with Gasteiger partial charge in [-0.15, -0.1) is 0 Å². The quantitative estimate of drug-likeness (QED) is 0.867. The van der Waals surface area contributed by atoms with Crippen LogP contribution in [0.25, 0.3) is 0 Å². The minimum absolute atomic E-state index is 0.154. The molecule has 90 valence electrons. The maximum atomic E-state index is 12.3. The highest BCUT2D eigenvalue weighted by Gasteiger charge is 2.30. The second-order valence-electron chi connectivity index (χ2n) is 3.45. The van der Waals surface area contributed by atoms with Crippen molar-refractivity contribution in [1.29, 1.82) is 0 Å². The van der Waals surface area contributed by atoms with E-state index >= 15 is 0 Å². The first kappa shape index (κ1) is 13.0. The van der Waals surface area contributed by atoms with Gasteiger partial charge in [-0.1, -0.05) is 12.1 Å². The third-order valence-corrected chi connectivity index (χ3v) is 2.30. The van der Waals surface area contributed by atoms with Crippen LogP contribution in [-0.2, 0) is 10.9 Å². The van der Waals surface area contributed by atoms with Gasteiger partial charge in [0.05, 0.1) is 18.8 Å². The lowest BCUT2D eigenvalue weighted by atomic mass is 9.99. The van der Waals surface area contributed by atoms with Crippen molar-refractivity contribution in [3.63, 3.8) is 0 Å². The predicted molar refractivity (Wildman–Crippen MR) is 53.1 cm³/mol. The van der Waals surface area contributed by atoms with Crippen LogP contribution in [0.3, 0.4) is 0 Å². The number of ether oxygens (including phenoxy) is 1. The summed E-state index contributed by atoms with van der Waals surface area (Å²) in [4.78, 5) is 0. The molecule has 1 aromatic rings. The van der Waals surface area contributed by atoms with Gasteiger partial charge in [-0.3, -0.25) is 0 Å². The Morgan fingerprint density at radius 3 is 2.19 bits per heavy atom. The summed E-state index contributed by atoms with van der Waals surface area (Å²) in [7, 11) is 1.48. The number of rotatable bonds is 4. The molecule has 2 nitrogen and oxygen atoms in total. The first-order valence-electron chi connectivity index (χ1n) is 4.76. The third kappa shape index (κ3) is 3.21. The van der Waals surface area contributed by atoms with Crippen molar-refractivity contribution in [1.82, 2.24) is 0 Å². The van der Waals surface area contributed by atoms with E-state index in [2.05, 4.69) is 0 Å². The molecule has 16 heavy (non-hydrogen) atoms. The molecule has 1 rings (SSSR count).